The van der Waals surface area contributed by atoms with E-state index in [0.717, 1.165) is 10.9 Å². The van der Waals surface area contributed by atoms with Crippen LogP contribution in [0.2, 0.25) is 0 Å². The van der Waals surface area contributed by atoms with Crippen molar-refractivity contribution in [3.05, 3.63) is 45.9 Å². The Morgan fingerprint density at radius 1 is 1.40 bits per heavy atom. The maximum Gasteiger partial charge on any atom is 0.241 e. The molecule has 1 heterocycles. The maximum absolute atomic E-state index is 13.6. The van der Waals surface area contributed by atoms with Gasteiger partial charge in [0.05, 0.1) is 10.9 Å². The third-order valence-electron chi connectivity index (χ3n) is 2.91. The Kier molecular flexibility index (Phi) is 4.12. The van der Waals surface area contributed by atoms with Gasteiger partial charge in [0.2, 0.25) is 10.0 Å². The van der Waals surface area contributed by atoms with E-state index in [1.54, 1.807) is 6.92 Å². The van der Waals surface area contributed by atoms with E-state index in [1.807, 2.05) is 17.5 Å². The zero-order valence-electron chi connectivity index (χ0n) is 11.1. The molecule has 0 bridgehead atoms. The highest BCUT2D eigenvalue weighted by Crippen LogP contribution is 2.25. The molecule has 0 radical (unpaired) electrons. The fourth-order valence-electron chi connectivity index (χ4n) is 1.84. The normalized spacial score (nSPS) is 13.3. The number of nitrogens with two attached hydrogens (primary N) is 1. The van der Waals surface area contributed by atoms with Crippen molar-refractivity contribution in [2.75, 3.05) is 5.73 Å². The Morgan fingerprint density at radius 2 is 2.10 bits per heavy atom. The number of benzene rings is 1. The van der Waals surface area contributed by atoms with Crippen LogP contribution < -0.4 is 10.5 Å². The smallest absolute Gasteiger partial charge is 0.241 e. The van der Waals surface area contributed by atoms with Gasteiger partial charge in [0.15, 0.2) is 0 Å². The van der Waals surface area contributed by atoms with Crippen molar-refractivity contribution in [3.63, 3.8) is 0 Å². The summed E-state index contributed by atoms with van der Waals surface area (Å²) in [5, 5.41) is 1.87. The minimum absolute atomic E-state index is 0.0603. The highest BCUT2D eigenvalue weighted by atomic mass is 32.2. The Balaban J connectivity index is 2.36. The number of nitrogens with one attached hydrogen (secondary N) is 1. The first-order valence-electron chi connectivity index (χ1n) is 5.92. The molecule has 0 aliphatic heterocycles. The Bertz CT molecular complexity index is 712. The molecular weight excluding hydrogens is 299 g/mol. The minimum atomic E-state index is -3.82. The number of rotatable bonds is 4. The van der Waals surface area contributed by atoms with Gasteiger partial charge in [0.1, 0.15) is 5.82 Å². The number of nitrogen functional groups attached to an aromatic ring is 1. The van der Waals surface area contributed by atoms with E-state index >= 15 is 0 Å². The van der Waals surface area contributed by atoms with E-state index in [2.05, 4.69) is 4.72 Å². The van der Waals surface area contributed by atoms with Gasteiger partial charge < -0.3 is 5.73 Å². The van der Waals surface area contributed by atoms with Crippen LogP contribution in [0.1, 0.15) is 23.4 Å². The van der Waals surface area contributed by atoms with Crippen molar-refractivity contribution in [2.45, 2.75) is 24.8 Å². The quantitative estimate of drug-likeness (QED) is 0.852. The van der Waals surface area contributed by atoms with Gasteiger partial charge in [-0.3, -0.25) is 0 Å². The summed E-state index contributed by atoms with van der Waals surface area (Å²) in [6.45, 7) is 3.15. The van der Waals surface area contributed by atoms with Crippen LogP contribution in [0.25, 0.3) is 0 Å². The molecule has 0 amide bonds. The monoisotopic (exact) mass is 314 g/mol. The topological polar surface area (TPSA) is 72.2 Å². The number of sulfonamides is 1. The summed E-state index contributed by atoms with van der Waals surface area (Å²) in [5.74, 6) is -0.630. The Morgan fingerprint density at radius 3 is 2.70 bits per heavy atom. The molecule has 3 N–H and O–H groups in total. The highest BCUT2D eigenvalue weighted by Gasteiger charge is 2.22. The van der Waals surface area contributed by atoms with E-state index in [0.29, 0.717) is 0 Å². The van der Waals surface area contributed by atoms with Crippen LogP contribution in [0.4, 0.5) is 10.1 Å². The molecule has 4 nitrogen and oxygen atoms in total. The lowest BCUT2D eigenvalue weighted by atomic mass is 10.2. The number of hydrogen-bond acceptors (Lipinski definition) is 4. The minimum Gasteiger partial charge on any atom is -0.399 e. The van der Waals surface area contributed by atoms with Crippen LogP contribution in [0.3, 0.4) is 0 Å². The summed E-state index contributed by atoms with van der Waals surface area (Å²) in [7, 11) is -3.82. The van der Waals surface area contributed by atoms with E-state index < -0.39 is 15.8 Å². The molecule has 0 saturated heterocycles. The highest BCUT2D eigenvalue weighted by molar-refractivity contribution is 7.89. The lowest BCUT2D eigenvalue weighted by Crippen LogP contribution is -2.27. The Labute approximate surface area is 121 Å². The largest absolute Gasteiger partial charge is 0.399 e. The summed E-state index contributed by atoms with van der Waals surface area (Å²) in [6, 6.07) is 5.67. The summed E-state index contributed by atoms with van der Waals surface area (Å²) in [4.78, 5) is 0.758. The van der Waals surface area contributed by atoms with E-state index in [-0.39, 0.29) is 22.2 Å². The van der Waals surface area contributed by atoms with E-state index in [9.17, 15) is 12.8 Å². The molecule has 0 fully saturated rings. The first-order chi connectivity index (χ1) is 9.31. The fraction of sp³-hybridized carbons (Fsp3) is 0.231. The van der Waals surface area contributed by atoms with Gasteiger partial charge in [-0.15, -0.1) is 11.3 Å². The van der Waals surface area contributed by atoms with Crippen molar-refractivity contribution in [2.24, 2.45) is 0 Å². The molecule has 1 unspecified atom stereocenters. The molecule has 1 atom stereocenters. The first-order valence-corrected chi connectivity index (χ1v) is 8.29. The molecule has 0 aliphatic carbocycles. The molecule has 2 rings (SSSR count). The van der Waals surface area contributed by atoms with Crippen molar-refractivity contribution < 1.29 is 12.8 Å². The third kappa shape index (κ3) is 3.00. The molecule has 1 aromatic heterocycles. The van der Waals surface area contributed by atoms with Crippen molar-refractivity contribution in [1.82, 2.24) is 4.72 Å². The number of halogens is 1. The van der Waals surface area contributed by atoms with Gasteiger partial charge in [0, 0.05) is 16.1 Å². The van der Waals surface area contributed by atoms with Gasteiger partial charge >= 0.3 is 0 Å². The second kappa shape index (κ2) is 5.51. The van der Waals surface area contributed by atoms with Crippen LogP contribution in [-0.4, -0.2) is 8.42 Å². The van der Waals surface area contributed by atoms with Crippen LogP contribution in [0, 0.1) is 12.7 Å². The van der Waals surface area contributed by atoms with Crippen LogP contribution >= 0.6 is 11.3 Å². The molecule has 1 aromatic carbocycles. The summed E-state index contributed by atoms with van der Waals surface area (Å²) < 4.78 is 40.8. The van der Waals surface area contributed by atoms with E-state index in [1.165, 1.54) is 24.3 Å². The summed E-state index contributed by atoms with van der Waals surface area (Å²) >= 11 is 1.45. The zero-order valence-corrected chi connectivity index (χ0v) is 12.7. The number of anilines is 1. The summed E-state index contributed by atoms with van der Waals surface area (Å²) in [5.41, 5.74) is 5.66. The van der Waals surface area contributed by atoms with Gasteiger partial charge in [-0.1, -0.05) is 6.07 Å². The lowest BCUT2D eigenvalue weighted by Gasteiger charge is -2.15. The first kappa shape index (κ1) is 15.0. The molecule has 0 saturated carbocycles. The standard InChI is InChI=1S/C13H15FN2O2S2/c1-8-11(14)6-10(15)7-13(8)20(17,18)16-9(2)12-4-3-5-19-12/h3-7,9,16H,15H2,1-2H3. The molecule has 108 valence electrons. The predicted molar refractivity (Wildman–Crippen MR) is 78.6 cm³/mol. The SMILES string of the molecule is Cc1c(F)cc(N)cc1S(=O)(=O)NC(C)c1cccs1. The van der Waals surface area contributed by atoms with Gasteiger partial charge in [-0.2, -0.15) is 0 Å². The Hall–Kier alpha value is -1.44. The van der Waals surface area contributed by atoms with Gasteiger partial charge in [-0.05, 0) is 37.4 Å². The second-order valence-electron chi connectivity index (χ2n) is 4.48. The van der Waals surface area contributed by atoms with E-state index in [4.69, 9.17) is 5.73 Å². The molecule has 2 aromatic rings. The summed E-state index contributed by atoms with van der Waals surface area (Å²) in [6.07, 6.45) is 0. The average Bonchev–Trinajstić information content (AvgIpc) is 2.86. The zero-order chi connectivity index (χ0) is 14.9. The third-order valence-corrected chi connectivity index (χ3v) is 5.63. The second-order valence-corrected chi connectivity index (χ2v) is 7.15. The molecule has 0 spiro atoms. The number of hydrogen-bond donors (Lipinski definition) is 2. The lowest BCUT2D eigenvalue weighted by molar-refractivity contribution is 0.563. The van der Waals surface area contributed by atoms with Crippen LogP contribution in [0.15, 0.2) is 34.5 Å². The average molecular weight is 314 g/mol. The van der Waals surface area contributed by atoms with Crippen molar-refractivity contribution >= 4 is 27.0 Å². The van der Waals surface area contributed by atoms with Crippen molar-refractivity contribution in [3.8, 4) is 0 Å². The van der Waals surface area contributed by atoms with Gasteiger partial charge in [0.25, 0.3) is 0 Å². The van der Waals surface area contributed by atoms with Crippen molar-refractivity contribution in [1.29, 1.82) is 0 Å². The molecule has 20 heavy (non-hydrogen) atoms. The molecule has 7 heteroatoms. The van der Waals surface area contributed by atoms with Crippen LogP contribution in [-0.2, 0) is 10.0 Å². The number of thiophene rings is 1. The predicted octanol–water partition coefficient (Wildman–Crippen LogP) is 2.82. The molecule has 0 aliphatic rings. The van der Waals surface area contributed by atoms with Crippen LogP contribution in [0.5, 0.6) is 0 Å². The fourth-order valence-corrected chi connectivity index (χ4v) is 4.16. The maximum atomic E-state index is 13.6. The molecular formula is C13H15FN2O2S2. The van der Waals surface area contributed by atoms with Gasteiger partial charge in [-0.25, -0.2) is 17.5 Å².